The highest BCUT2D eigenvalue weighted by molar-refractivity contribution is 6.01. The maximum Gasteiger partial charge on any atom is 0.262 e. The highest BCUT2D eigenvalue weighted by Crippen LogP contribution is 2.29. The quantitative estimate of drug-likeness (QED) is 0.316. The zero-order valence-corrected chi connectivity index (χ0v) is 19.1. The van der Waals surface area contributed by atoms with Gasteiger partial charge < -0.3 is 24.3 Å². The van der Waals surface area contributed by atoms with E-state index in [9.17, 15) is 10.1 Å². The first-order valence-electron chi connectivity index (χ1n) is 11.2. The number of rotatable bonds is 11. The van der Waals surface area contributed by atoms with Crippen molar-refractivity contribution in [2.45, 2.75) is 32.8 Å². The number of hydrogen-bond donors (Lipinski definition) is 1. The molecule has 7 nitrogen and oxygen atoms in total. The first-order valence-corrected chi connectivity index (χ1v) is 11.2. The number of nitriles is 1. The van der Waals surface area contributed by atoms with E-state index < -0.39 is 5.91 Å². The summed E-state index contributed by atoms with van der Waals surface area (Å²) in [6, 6.07) is 15.1. The number of nitrogens with zero attached hydrogens (tertiary/aromatic N) is 1. The Balaban J connectivity index is 1.60. The zero-order valence-electron chi connectivity index (χ0n) is 19.1. The lowest BCUT2D eigenvalue weighted by molar-refractivity contribution is -0.117. The number of amides is 1. The molecule has 1 aliphatic heterocycles. The van der Waals surface area contributed by atoms with Crippen LogP contribution in [0.25, 0.3) is 6.08 Å². The zero-order chi connectivity index (χ0) is 23.5. The summed E-state index contributed by atoms with van der Waals surface area (Å²) in [4.78, 5) is 12.4. The van der Waals surface area contributed by atoms with Gasteiger partial charge in [0.2, 0.25) is 0 Å². The molecular formula is C26H30N2O5. The Morgan fingerprint density at radius 2 is 1.94 bits per heavy atom. The molecule has 3 rings (SSSR count). The molecule has 33 heavy (non-hydrogen) atoms. The smallest absolute Gasteiger partial charge is 0.262 e. The Morgan fingerprint density at radius 1 is 1.15 bits per heavy atom. The van der Waals surface area contributed by atoms with Gasteiger partial charge in [-0.2, -0.15) is 5.26 Å². The van der Waals surface area contributed by atoms with Gasteiger partial charge in [-0.3, -0.25) is 4.79 Å². The van der Waals surface area contributed by atoms with E-state index in [2.05, 4.69) is 5.32 Å². The van der Waals surface area contributed by atoms with Crippen LogP contribution in [-0.2, 0) is 9.53 Å². The third kappa shape index (κ3) is 7.26. The summed E-state index contributed by atoms with van der Waals surface area (Å²) in [5, 5.41) is 12.2. The first kappa shape index (κ1) is 24.1. The summed E-state index contributed by atoms with van der Waals surface area (Å²) in [5.74, 6) is 1.52. The van der Waals surface area contributed by atoms with Gasteiger partial charge in [-0.1, -0.05) is 24.3 Å². The third-order valence-corrected chi connectivity index (χ3v) is 5.15. The molecule has 0 aliphatic carbocycles. The van der Waals surface area contributed by atoms with Crippen molar-refractivity contribution in [1.82, 2.24) is 5.32 Å². The molecule has 0 bridgehead atoms. The van der Waals surface area contributed by atoms with Crippen molar-refractivity contribution in [2.24, 2.45) is 0 Å². The van der Waals surface area contributed by atoms with Crippen molar-refractivity contribution in [3.8, 4) is 23.3 Å². The lowest BCUT2D eigenvalue weighted by Crippen LogP contribution is -2.32. The number of ether oxygens (including phenoxy) is 4. The predicted molar refractivity (Wildman–Crippen MR) is 125 cm³/mol. The molecule has 1 fully saturated rings. The molecule has 2 aromatic carbocycles. The van der Waals surface area contributed by atoms with Gasteiger partial charge in [0.25, 0.3) is 5.91 Å². The number of hydrogen-bond acceptors (Lipinski definition) is 6. The fourth-order valence-electron chi connectivity index (χ4n) is 3.45. The van der Waals surface area contributed by atoms with Crippen molar-refractivity contribution in [3.05, 3.63) is 59.2 Å². The SMILES string of the molecule is CCOc1cc(/C=C(\C#N)C(=O)NC[C@@H]2CCCO2)ccc1OCCOc1ccccc1C. The van der Waals surface area contributed by atoms with Crippen LogP contribution in [0.1, 0.15) is 30.9 Å². The maximum absolute atomic E-state index is 12.4. The maximum atomic E-state index is 12.4. The number of para-hydroxylation sites is 1. The summed E-state index contributed by atoms with van der Waals surface area (Å²) in [7, 11) is 0. The van der Waals surface area contributed by atoms with E-state index >= 15 is 0 Å². The predicted octanol–water partition coefficient (Wildman–Crippen LogP) is 4.05. The van der Waals surface area contributed by atoms with E-state index in [0.29, 0.717) is 50.0 Å². The van der Waals surface area contributed by atoms with Gasteiger partial charge in [0.1, 0.15) is 30.6 Å². The number of carbonyl (C=O) groups excluding carboxylic acids is 1. The Labute approximate surface area is 194 Å². The average Bonchev–Trinajstić information content (AvgIpc) is 3.35. The van der Waals surface area contributed by atoms with Crippen LogP contribution in [-0.4, -0.2) is 45.0 Å². The van der Waals surface area contributed by atoms with Crippen molar-refractivity contribution < 1.29 is 23.7 Å². The molecule has 1 saturated heterocycles. The van der Waals surface area contributed by atoms with Gasteiger partial charge in [-0.25, -0.2) is 0 Å². The largest absolute Gasteiger partial charge is 0.490 e. The molecule has 174 valence electrons. The van der Waals surface area contributed by atoms with Gasteiger partial charge in [-0.15, -0.1) is 0 Å². The van der Waals surface area contributed by atoms with E-state index in [1.54, 1.807) is 24.3 Å². The van der Waals surface area contributed by atoms with Crippen LogP contribution < -0.4 is 19.5 Å². The molecule has 0 unspecified atom stereocenters. The topological polar surface area (TPSA) is 89.8 Å². The second-order valence-electron chi connectivity index (χ2n) is 7.62. The van der Waals surface area contributed by atoms with E-state index in [-0.39, 0.29) is 11.7 Å². The van der Waals surface area contributed by atoms with E-state index in [1.165, 1.54) is 0 Å². The van der Waals surface area contributed by atoms with Crippen LogP contribution in [0, 0.1) is 18.3 Å². The molecule has 7 heteroatoms. The Bertz CT molecular complexity index is 1010. The minimum Gasteiger partial charge on any atom is -0.490 e. The van der Waals surface area contributed by atoms with Crippen molar-refractivity contribution in [3.63, 3.8) is 0 Å². The van der Waals surface area contributed by atoms with Crippen molar-refractivity contribution in [2.75, 3.05) is 33.0 Å². The number of nitrogens with one attached hydrogen (secondary N) is 1. The second kappa shape index (κ2) is 12.5. The summed E-state index contributed by atoms with van der Waals surface area (Å²) in [5.41, 5.74) is 1.76. The van der Waals surface area contributed by atoms with Crippen LogP contribution in [0.15, 0.2) is 48.0 Å². The van der Waals surface area contributed by atoms with Crippen molar-refractivity contribution in [1.29, 1.82) is 5.26 Å². The molecule has 0 aromatic heterocycles. The molecule has 0 saturated carbocycles. The first-order chi connectivity index (χ1) is 16.1. The van der Waals surface area contributed by atoms with Crippen molar-refractivity contribution >= 4 is 12.0 Å². The highest BCUT2D eigenvalue weighted by atomic mass is 16.5. The van der Waals surface area contributed by atoms with Crippen LogP contribution in [0.4, 0.5) is 0 Å². The average molecular weight is 451 g/mol. The Hall–Kier alpha value is -3.50. The summed E-state index contributed by atoms with van der Waals surface area (Å²) in [6.45, 7) is 6.19. The van der Waals surface area contributed by atoms with Crippen LogP contribution in [0.5, 0.6) is 17.2 Å². The normalized spacial score (nSPS) is 15.5. The van der Waals surface area contributed by atoms with Gasteiger partial charge in [-0.05, 0) is 62.1 Å². The summed E-state index contributed by atoms with van der Waals surface area (Å²) in [6.07, 6.45) is 3.47. The van der Waals surface area contributed by atoms with E-state index in [1.807, 2.05) is 44.2 Å². The second-order valence-corrected chi connectivity index (χ2v) is 7.62. The lowest BCUT2D eigenvalue weighted by Gasteiger charge is -2.14. The summed E-state index contributed by atoms with van der Waals surface area (Å²) < 4.78 is 22.8. The van der Waals surface area contributed by atoms with Crippen LogP contribution in [0.2, 0.25) is 0 Å². The molecule has 1 amide bonds. The fourth-order valence-corrected chi connectivity index (χ4v) is 3.45. The lowest BCUT2D eigenvalue weighted by atomic mass is 10.1. The third-order valence-electron chi connectivity index (χ3n) is 5.15. The molecule has 1 N–H and O–H groups in total. The monoisotopic (exact) mass is 450 g/mol. The van der Waals surface area contributed by atoms with Gasteiger partial charge in [0.05, 0.1) is 12.7 Å². The number of benzene rings is 2. The molecule has 0 spiro atoms. The summed E-state index contributed by atoms with van der Waals surface area (Å²) >= 11 is 0. The Morgan fingerprint density at radius 3 is 2.64 bits per heavy atom. The fraction of sp³-hybridized carbons (Fsp3) is 0.385. The van der Waals surface area contributed by atoms with Gasteiger partial charge in [0.15, 0.2) is 11.5 Å². The number of aryl methyl sites for hydroxylation is 1. The minimum absolute atomic E-state index is 0.0182. The van der Waals surface area contributed by atoms with Crippen LogP contribution >= 0.6 is 0 Å². The van der Waals surface area contributed by atoms with Gasteiger partial charge >= 0.3 is 0 Å². The molecular weight excluding hydrogens is 420 g/mol. The molecule has 2 aromatic rings. The van der Waals surface area contributed by atoms with E-state index in [4.69, 9.17) is 18.9 Å². The Kier molecular flexibility index (Phi) is 9.16. The minimum atomic E-state index is -0.417. The van der Waals surface area contributed by atoms with Crippen LogP contribution in [0.3, 0.4) is 0 Å². The number of carbonyl (C=O) groups is 1. The highest BCUT2D eigenvalue weighted by Gasteiger charge is 2.18. The van der Waals surface area contributed by atoms with Gasteiger partial charge in [0, 0.05) is 13.2 Å². The molecule has 0 radical (unpaired) electrons. The van der Waals surface area contributed by atoms with E-state index in [0.717, 1.165) is 24.2 Å². The standard InChI is InChI=1S/C26H30N2O5/c1-3-30-25-16-20(15-21(17-27)26(29)28-18-22-8-6-12-31-22)10-11-24(25)33-14-13-32-23-9-5-4-7-19(23)2/h4-5,7,9-11,15-16,22H,3,6,8,12-14,18H2,1-2H3,(H,28,29)/b21-15+/t22-/m0/s1. The molecule has 1 aliphatic rings. The molecule has 1 atom stereocenters. The molecule has 1 heterocycles.